The molecule has 0 radical (unpaired) electrons. The number of aromatic nitrogens is 1. The molecule has 1 saturated carbocycles. The molecule has 4 atom stereocenters. The van der Waals surface area contributed by atoms with E-state index in [1.54, 1.807) is 12.1 Å². The van der Waals surface area contributed by atoms with Crippen LogP contribution in [0.4, 0.5) is 13.2 Å². The van der Waals surface area contributed by atoms with Gasteiger partial charge in [0.25, 0.3) is 0 Å². The van der Waals surface area contributed by atoms with Crippen LogP contribution in [0.25, 0.3) is 0 Å². The van der Waals surface area contributed by atoms with E-state index in [2.05, 4.69) is 77.2 Å². The van der Waals surface area contributed by atoms with Gasteiger partial charge < -0.3 is 9.16 Å². The summed E-state index contributed by atoms with van der Waals surface area (Å²) in [5, 5.41) is 0.0603. The first-order valence-electron chi connectivity index (χ1n) is 14.6. The standard InChI is InChI=1S/C32H43F3INO2Si/c1-9-21-26-27(25-22(37-21)17-30(5,6)18-23(25)39-40(7,8)29(2,3)4)31(16-10-11-24(31)36)38-28(26)19-12-14-20(15-13-19)32(33,34)35/h12-15,23-24,28H,9-11,16-18H2,1-8H3/q-1/t23-,24?,28+,31?/m0/s1. The lowest BCUT2D eigenvalue weighted by Gasteiger charge is -2.53. The van der Waals surface area contributed by atoms with Crippen LogP contribution in [0.2, 0.25) is 18.1 Å². The number of nitrogens with zero attached hydrogens (tertiary/aromatic N) is 1. The molecule has 221 valence electrons. The van der Waals surface area contributed by atoms with E-state index in [0.717, 1.165) is 61.0 Å². The quantitative estimate of drug-likeness (QED) is 0.182. The Kier molecular flexibility index (Phi) is 7.66. The van der Waals surface area contributed by atoms with Crippen LogP contribution >= 0.6 is 22.6 Å². The number of fused-ring (bicyclic) bond motifs is 4. The summed E-state index contributed by atoms with van der Waals surface area (Å²) in [7, 11) is -2.13. The van der Waals surface area contributed by atoms with Gasteiger partial charge in [-0.25, -0.2) is 0 Å². The first-order valence-corrected chi connectivity index (χ1v) is 18.8. The van der Waals surface area contributed by atoms with Crippen molar-refractivity contribution in [2.75, 3.05) is 0 Å². The predicted molar refractivity (Wildman–Crippen MR) is 164 cm³/mol. The number of ether oxygens (including phenoxy) is 1. The van der Waals surface area contributed by atoms with Crippen LogP contribution in [0.5, 0.6) is 0 Å². The molecule has 5 rings (SSSR count). The van der Waals surface area contributed by atoms with E-state index >= 15 is 0 Å². The molecule has 1 aliphatic heterocycles. The molecule has 0 saturated heterocycles. The lowest BCUT2D eigenvalue weighted by atomic mass is 9.70. The zero-order chi connectivity index (χ0) is 29.5. The molecular formula is C32H43F3INO2Si-. The first-order chi connectivity index (χ1) is 18.4. The fourth-order valence-corrected chi connectivity index (χ4v) is 9.20. The molecule has 0 amide bonds. The SMILES string of the molecule is CCc1nc2c(c3c1[C@@H](c1ccc(C(F)(F)F)cc1)OC31CCCC1I)[C@@H](O[Si-](C)(C)C(C)(C)C)CC(C)(C)C2. The van der Waals surface area contributed by atoms with Gasteiger partial charge in [-0.2, -0.15) is 13.2 Å². The number of alkyl halides is 4. The summed E-state index contributed by atoms with van der Waals surface area (Å²) in [6.45, 7) is 18.2. The average molecular weight is 686 g/mol. The molecule has 2 unspecified atom stereocenters. The van der Waals surface area contributed by atoms with E-state index < -0.39 is 31.8 Å². The fraction of sp³-hybridized carbons (Fsp3) is 0.656. The molecule has 3 aliphatic rings. The number of halogens is 4. The maximum atomic E-state index is 13.4. The second kappa shape index (κ2) is 10.0. The first kappa shape index (κ1) is 30.5. The van der Waals surface area contributed by atoms with E-state index in [1.165, 1.54) is 23.3 Å². The topological polar surface area (TPSA) is 31.4 Å². The highest BCUT2D eigenvalue weighted by molar-refractivity contribution is 14.1. The number of hydrogen-bond acceptors (Lipinski definition) is 3. The minimum Gasteiger partial charge on any atom is -0.559 e. The molecule has 8 heteroatoms. The predicted octanol–water partition coefficient (Wildman–Crippen LogP) is 10.0. The largest absolute Gasteiger partial charge is 0.559 e. The Bertz CT molecular complexity index is 1290. The van der Waals surface area contributed by atoms with Crippen molar-refractivity contribution >= 4 is 30.9 Å². The van der Waals surface area contributed by atoms with Gasteiger partial charge >= 0.3 is 6.18 Å². The summed E-state index contributed by atoms with van der Waals surface area (Å²) in [6.07, 6.45) is 0.663. The van der Waals surface area contributed by atoms with E-state index in [0.29, 0.717) is 0 Å². The highest BCUT2D eigenvalue weighted by Crippen LogP contribution is 2.61. The molecular weight excluding hydrogens is 642 g/mol. The number of hydrogen-bond donors (Lipinski definition) is 0. The molecule has 2 aliphatic carbocycles. The maximum Gasteiger partial charge on any atom is 0.416 e. The average Bonchev–Trinajstić information content (AvgIpc) is 3.37. The lowest BCUT2D eigenvalue weighted by Crippen LogP contribution is -2.44. The zero-order valence-electron chi connectivity index (χ0n) is 25.1. The summed E-state index contributed by atoms with van der Waals surface area (Å²) in [6, 6.07) is 5.56. The van der Waals surface area contributed by atoms with E-state index in [4.69, 9.17) is 14.1 Å². The number of rotatable bonds is 4. The van der Waals surface area contributed by atoms with Crippen molar-refractivity contribution in [3.8, 4) is 0 Å². The van der Waals surface area contributed by atoms with Gasteiger partial charge in [-0.15, -0.1) is 18.1 Å². The Morgan fingerprint density at radius 1 is 1.10 bits per heavy atom. The van der Waals surface area contributed by atoms with Crippen LogP contribution in [0.3, 0.4) is 0 Å². The Balaban J connectivity index is 1.75. The Morgan fingerprint density at radius 3 is 2.27 bits per heavy atom. The summed E-state index contributed by atoms with van der Waals surface area (Å²) in [5.74, 6) is 0. The third-order valence-corrected chi connectivity index (χ3v) is 15.9. The normalized spacial score (nSPS) is 28.1. The second-order valence-corrected chi connectivity index (χ2v) is 20.6. The van der Waals surface area contributed by atoms with Crippen LogP contribution in [-0.4, -0.2) is 17.2 Å². The molecule has 1 aromatic heterocycles. The molecule has 1 spiro atoms. The fourth-order valence-electron chi connectivity index (χ4n) is 6.73. The Hall–Kier alpha value is -0.973. The van der Waals surface area contributed by atoms with Gasteiger partial charge in [0.15, 0.2) is 0 Å². The number of aryl methyl sites for hydroxylation is 1. The van der Waals surface area contributed by atoms with Crippen LogP contribution in [-0.2, 0) is 33.8 Å². The molecule has 40 heavy (non-hydrogen) atoms. The van der Waals surface area contributed by atoms with Gasteiger partial charge in [-0.3, -0.25) is 4.98 Å². The summed E-state index contributed by atoms with van der Waals surface area (Å²) >= 11 is 2.56. The summed E-state index contributed by atoms with van der Waals surface area (Å²) in [5.41, 5.74) is 5.36. The van der Waals surface area contributed by atoms with Crippen molar-refractivity contribution in [1.82, 2.24) is 4.98 Å². The van der Waals surface area contributed by atoms with Gasteiger partial charge in [0.2, 0.25) is 0 Å². The van der Waals surface area contributed by atoms with Crippen LogP contribution < -0.4 is 0 Å². The van der Waals surface area contributed by atoms with Crippen molar-refractivity contribution in [3.05, 3.63) is 63.5 Å². The number of benzene rings is 1. The van der Waals surface area contributed by atoms with Gasteiger partial charge in [-0.05, 0) is 70.0 Å². The zero-order valence-corrected chi connectivity index (χ0v) is 28.2. The minimum atomic E-state index is -4.37. The van der Waals surface area contributed by atoms with Crippen molar-refractivity contribution in [2.24, 2.45) is 5.41 Å². The van der Waals surface area contributed by atoms with E-state index in [1.807, 2.05) is 0 Å². The molecule has 3 nitrogen and oxygen atoms in total. The number of pyridine rings is 1. The van der Waals surface area contributed by atoms with E-state index in [-0.39, 0.29) is 20.5 Å². The van der Waals surface area contributed by atoms with Crippen LogP contribution in [0, 0.1) is 5.41 Å². The van der Waals surface area contributed by atoms with Crippen molar-refractivity contribution in [1.29, 1.82) is 0 Å². The van der Waals surface area contributed by atoms with Crippen molar-refractivity contribution in [2.45, 2.75) is 126 Å². The van der Waals surface area contributed by atoms with Crippen LogP contribution in [0.15, 0.2) is 24.3 Å². The maximum absolute atomic E-state index is 13.4. The molecule has 1 aromatic carbocycles. The highest BCUT2D eigenvalue weighted by Gasteiger charge is 2.56. The molecule has 0 bridgehead atoms. The van der Waals surface area contributed by atoms with Crippen molar-refractivity contribution in [3.63, 3.8) is 0 Å². The Morgan fingerprint density at radius 2 is 1.75 bits per heavy atom. The smallest absolute Gasteiger partial charge is 0.416 e. The molecule has 2 heterocycles. The second-order valence-electron chi connectivity index (χ2n) is 14.3. The third kappa shape index (κ3) is 5.10. The van der Waals surface area contributed by atoms with Gasteiger partial charge in [0, 0.05) is 38.1 Å². The minimum absolute atomic E-state index is 0.0468. The van der Waals surface area contributed by atoms with E-state index in [9.17, 15) is 13.2 Å². The van der Waals surface area contributed by atoms with Gasteiger partial charge in [0.05, 0.1) is 5.56 Å². The van der Waals surface area contributed by atoms with Gasteiger partial charge in [0.1, 0.15) is 11.7 Å². The Labute approximate surface area is 252 Å². The van der Waals surface area contributed by atoms with Crippen molar-refractivity contribution < 1.29 is 22.3 Å². The summed E-state index contributed by atoms with van der Waals surface area (Å²) in [4.78, 5) is 5.33. The van der Waals surface area contributed by atoms with Gasteiger partial charge in [-0.1, -0.05) is 76.3 Å². The monoisotopic (exact) mass is 685 g/mol. The third-order valence-electron chi connectivity index (χ3n) is 9.78. The molecule has 0 N–H and O–H groups in total. The lowest BCUT2D eigenvalue weighted by molar-refractivity contribution is -0.137. The molecule has 1 fully saturated rings. The van der Waals surface area contributed by atoms with Crippen LogP contribution in [0.1, 0.15) is 119 Å². The summed E-state index contributed by atoms with van der Waals surface area (Å²) < 4.78 is 54.9. The highest BCUT2D eigenvalue weighted by atomic mass is 127. The molecule has 2 aromatic rings.